The fourth-order valence-electron chi connectivity index (χ4n) is 7.55. The van der Waals surface area contributed by atoms with Gasteiger partial charge in [-0.2, -0.15) is 10.2 Å². The van der Waals surface area contributed by atoms with Crippen molar-refractivity contribution in [2.75, 3.05) is 37.2 Å². The highest BCUT2D eigenvalue weighted by atomic mass is 35.5. The number of nitrogens with zero attached hydrogens (tertiary/aromatic N) is 10. The summed E-state index contributed by atoms with van der Waals surface area (Å²) >= 11 is 5.86. The lowest BCUT2D eigenvalue weighted by molar-refractivity contribution is -0.111. The second-order valence-corrected chi connectivity index (χ2v) is 20.7. The number of amides is 4. The fraction of sp³-hybridized carbons (Fsp3) is 0.462. The lowest BCUT2D eigenvalue weighted by atomic mass is 10.0. The smallest absolute Gasteiger partial charge is 0.317 e. The molecular weight excluding hydrogens is 920 g/mol. The van der Waals surface area contributed by atoms with Gasteiger partial charge in [0.1, 0.15) is 0 Å². The molecule has 19 heteroatoms. The van der Waals surface area contributed by atoms with Gasteiger partial charge in [-0.15, -0.1) is 0 Å². The maximum atomic E-state index is 12.5. The standard InChI is InChI=1S/C26H35N7O2.C20H25ClN4O2.C6H11N3/c1-17(2)33-14-21(13-29-33)30-24-27-10-9-23(31-24)19-7-8-20(18(3)11-19)12-28-25(34)32-15-22(16-32)35-26(4,5)6;1-13-9-14(17-7-8-22-18(21)24-17)5-6-15(13)10-23-19(26)25-11-16(12-25)27-20(2,3)4;1-5(2)9-4-6(7)3-8-9/h7-11,13-14,17,22H,12,15-16H2,1-6H3,(H,28,34)(H,27,30,31);5-9,16H,10-12H2,1-4H3,(H,23,26);3-5H,7H2,1-2H3. The zero-order chi connectivity index (χ0) is 51.6. The van der Waals surface area contributed by atoms with E-state index < -0.39 is 0 Å². The number of benzene rings is 2. The van der Waals surface area contributed by atoms with Crippen molar-refractivity contribution in [2.24, 2.45) is 0 Å². The molecule has 2 aliphatic rings. The van der Waals surface area contributed by atoms with Crippen LogP contribution in [0.1, 0.15) is 104 Å². The molecule has 0 radical (unpaired) electrons. The highest BCUT2D eigenvalue weighted by Gasteiger charge is 2.35. The molecule has 0 bridgehead atoms. The molecule has 380 valence electrons. The van der Waals surface area contributed by atoms with Gasteiger partial charge in [-0.25, -0.2) is 29.5 Å². The van der Waals surface area contributed by atoms with Crippen molar-refractivity contribution >= 4 is 41.0 Å². The quantitative estimate of drug-likeness (QED) is 0.0846. The van der Waals surface area contributed by atoms with E-state index in [0.717, 1.165) is 56.1 Å². The van der Waals surface area contributed by atoms with Crippen molar-refractivity contribution in [3.8, 4) is 22.5 Å². The molecular formula is C52H71ClN14O4. The molecule has 4 aromatic heterocycles. The zero-order valence-corrected chi connectivity index (χ0v) is 44.0. The Hall–Kier alpha value is -6.63. The van der Waals surface area contributed by atoms with Crippen LogP contribution in [-0.4, -0.2) is 111 Å². The summed E-state index contributed by atoms with van der Waals surface area (Å²) in [5.74, 6) is 0.517. The minimum atomic E-state index is -0.191. The molecule has 2 saturated heterocycles. The lowest BCUT2D eigenvalue weighted by Crippen LogP contribution is -2.59. The Kier molecular flexibility index (Phi) is 17.8. The minimum absolute atomic E-state index is 0.0604. The third-order valence-electron chi connectivity index (χ3n) is 11.3. The molecule has 5 N–H and O–H groups in total. The molecule has 2 aliphatic heterocycles. The van der Waals surface area contributed by atoms with Crippen molar-refractivity contribution in [3.63, 3.8) is 0 Å². The van der Waals surface area contributed by atoms with Gasteiger partial charge >= 0.3 is 12.1 Å². The lowest BCUT2D eigenvalue weighted by Gasteiger charge is -2.41. The number of rotatable bonds is 12. The second kappa shape index (κ2) is 23.5. The van der Waals surface area contributed by atoms with Gasteiger partial charge in [0, 0.05) is 61.1 Å². The first-order chi connectivity index (χ1) is 33.5. The Morgan fingerprint density at radius 2 is 1.15 bits per heavy atom. The van der Waals surface area contributed by atoms with E-state index in [-0.39, 0.29) is 46.8 Å². The Bertz CT molecular complexity index is 2710. The third kappa shape index (κ3) is 16.2. The van der Waals surface area contributed by atoms with Crippen LogP contribution in [0.5, 0.6) is 0 Å². The van der Waals surface area contributed by atoms with E-state index in [1.54, 1.807) is 34.6 Å². The maximum Gasteiger partial charge on any atom is 0.317 e. The number of hydrogen-bond acceptors (Lipinski definition) is 12. The number of ether oxygens (including phenoxy) is 2. The zero-order valence-electron chi connectivity index (χ0n) is 43.2. The first-order valence-corrected chi connectivity index (χ1v) is 24.4. The van der Waals surface area contributed by atoms with Crippen LogP contribution in [0.15, 0.2) is 85.7 Å². The Balaban J connectivity index is 0.000000202. The van der Waals surface area contributed by atoms with Gasteiger partial charge in [0.25, 0.3) is 0 Å². The molecule has 4 amide bonds. The number of hydrogen-bond donors (Lipinski definition) is 4. The summed E-state index contributed by atoms with van der Waals surface area (Å²) < 4.78 is 15.5. The van der Waals surface area contributed by atoms with Crippen LogP contribution in [0, 0.1) is 13.8 Å². The molecule has 2 fully saturated rings. The molecule has 6 aromatic rings. The van der Waals surface area contributed by atoms with Gasteiger partial charge in [0.2, 0.25) is 11.2 Å². The number of halogens is 1. The molecule has 71 heavy (non-hydrogen) atoms. The van der Waals surface area contributed by atoms with Gasteiger partial charge in [-0.1, -0.05) is 24.3 Å². The Morgan fingerprint density at radius 3 is 1.56 bits per heavy atom. The van der Waals surface area contributed by atoms with Gasteiger partial charge < -0.3 is 41.0 Å². The largest absolute Gasteiger partial charge is 0.396 e. The normalized spacial score (nSPS) is 14.0. The van der Waals surface area contributed by atoms with Crippen LogP contribution < -0.4 is 21.7 Å². The number of urea groups is 2. The van der Waals surface area contributed by atoms with Gasteiger partial charge in [-0.05, 0) is 141 Å². The maximum absolute atomic E-state index is 12.5. The number of aromatic nitrogens is 8. The summed E-state index contributed by atoms with van der Waals surface area (Å²) in [7, 11) is 0. The van der Waals surface area contributed by atoms with Gasteiger partial charge in [0.15, 0.2) is 0 Å². The molecule has 0 unspecified atom stereocenters. The molecule has 8 rings (SSSR count). The summed E-state index contributed by atoms with van der Waals surface area (Å²) in [4.78, 5) is 45.4. The van der Waals surface area contributed by atoms with E-state index in [0.29, 0.717) is 51.3 Å². The van der Waals surface area contributed by atoms with E-state index in [1.165, 1.54) is 0 Å². The van der Waals surface area contributed by atoms with Crippen molar-refractivity contribution in [1.82, 2.24) is 59.9 Å². The van der Waals surface area contributed by atoms with Crippen molar-refractivity contribution in [3.05, 3.63) is 113 Å². The number of nitrogen functional groups attached to an aromatic ring is 1. The number of anilines is 3. The fourth-order valence-corrected chi connectivity index (χ4v) is 7.70. The molecule has 2 aromatic carbocycles. The number of carbonyl (C=O) groups excluding carboxylic acids is 2. The summed E-state index contributed by atoms with van der Waals surface area (Å²) in [5, 5.41) is 17.8. The predicted molar refractivity (Wildman–Crippen MR) is 279 cm³/mol. The molecule has 6 heterocycles. The average Bonchev–Trinajstić information content (AvgIpc) is 3.94. The van der Waals surface area contributed by atoms with Crippen LogP contribution in [0.4, 0.5) is 26.9 Å². The summed E-state index contributed by atoms with van der Waals surface area (Å²) in [5.41, 5.74) is 14.5. The molecule has 0 spiro atoms. The number of nitrogens with one attached hydrogen (secondary N) is 3. The number of likely N-dealkylation sites (tertiary alicyclic amines) is 2. The SMILES string of the molecule is CC(C)n1cc(N)cn1.Cc1cc(-c2ccnc(Cl)n2)ccc1CNC(=O)N1CC(OC(C)(C)C)C1.Cc1cc(-c2ccnc(Nc3cnn(C(C)C)c3)n2)ccc1CNC(=O)N1CC(OC(C)(C)C)C1. The van der Waals surface area contributed by atoms with Crippen LogP contribution in [0.3, 0.4) is 0 Å². The van der Waals surface area contributed by atoms with Crippen molar-refractivity contribution < 1.29 is 19.1 Å². The average molecular weight is 992 g/mol. The highest BCUT2D eigenvalue weighted by Crippen LogP contribution is 2.25. The first kappa shape index (κ1) is 53.7. The van der Waals surface area contributed by atoms with Crippen LogP contribution >= 0.6 is 11.6 Å². The second-order valence-electron chi connectivity index (χ2n) is 20.4. The molecule has 0 saturated carbocycles. The highest BCUT2D eigenvalue weighted by molar-refractivity contribution is 6.28. The number of nitrogens with two attached hydrogens (primary N) is 1. The topological polar surface area (TPSA) is 208 Å². The van der Waals surface area contributed by atoms with E-state index in [4.69, 9.17) is 26.8 Å². The van der Waals surface area contributed by atoms with E-state index in [2.05, 4.69) is 79.8 Å². The van der Waals surface area contributed by atoms with Crippen LogP contribution in [-0.2, 0) is 22.6 Å². The minimum Gasteiger partial charge on any atom is -0.396 e. The van der Waals surface area contributed by atoms with Gasteiger partial charge in [-0.3, -0.25) is 9.36 Å². The van der Waals surface area contributed by atoms with Crippen LogP contribution in [0.2, 0.25) is 5.28 Å². The van der Waals surface area contributed by atoms with Crippen molar-refractivity contribution in [1.29, 1.82) is 0 Å². The number of carbonyl (C=O) groups is 2. The summed E-state index contributed by atoms with van der Waals surface area (Å²) in [6.45, 7) is 28.0. The number of aryl methyl sites for hydroxylation is 2. The van der Waals surface area contributed by atoms with Gasteiger partial charge in [0.05, 0.1) is 84.7 Å². The van der Waals surface area contributed by atoms with E-state index in [1.807, 2.05) is 120 Å². The molecule has 18 nitrogen and oxygen atoms in total. The van der Waals surface area contributed by atoms with Crippen LogP contribution in [0.25, 0.3) is 22.5 Å². The molecule has 0 aliphatic carbocycles. The predicted octanol–water partition coefficient (Wildman–Crippen LogP) is 9.54. The van der Waals surface area contributed by atoms with E-state index in [9.17, 15) is 9.59 Å². The monoisotopic (exact) mass is 991 g/mol. The van der Waals surface area contributed by atoms with Crippen molar-refractivity contribution in [2.45, 2.75) is 132 Å². The summed E-state index contributed by atoms with van der Waals surface area (Å²) in [6, 6.07) is 16.4. The summed E-state index contributed by atoms with van der Waals surface area (Å²) in [6.07, 6.45) is 10.8. The molecule has 0 atom stereocenters. The Labute approximate surface area is 423 Å². The van der Waals surface area contributed by atoms with E-state index >= 15 is 0 Å². The third-order valence-corrected chi connectivity index (χ3v) is 11.4. The Morgan fingerprint density at radius 1 is 0.690 bits per heavy atom. The first-order valence-electron chi connectivity index (χ1n) is 24.0.